The Kier molecular flexibility index (Phi) is 2.06. The predicted octanol–water partition coefficient (Wildman–Crippen LogP) is 0.670. The van der Waals surface area contributed by atoms with Crippen LogP contribution < -0.4 is 5.73 Å². The van der Waals surface area contributed by atoms with Crippen LogP contribution in [0.4, 0.5) is 0 Å². The maximum atomic E-state index is 5.47. The van der Waals surface area contributed by atoms with E-state index < -0.39 is 0 Å². The largest absolute Gasteiger partial charge is 0.326 e. The Hall–Kier alpha value is -0.830. The topological polar surface area (TPSA) is 43.8 Å². The predicted molar refractivity (Wildman–Crippen MR) is 40.5 cm³/mol. The van der Waals surface area contributed by atoms with Crippen LogP contribution in [0.1, 0.15) is 18.2 Å². The molecule has 0 fully saturated rings. The zero-order valence-corrected chi connectivity index (χ0v) is 6.46. The summed E-state index contributed by atoms with van der Waals surface area (Å²) in [5.74, 6) is 0. The van der Waals surface area contributed by atoms with E-state index in [1.54, 1.807) is 0 Å². The van der Waals surface area contributed by atoms with Crippen LogP contribution in [0.5, 0.6) is 0 Å². The lowest BCUT2D eigenvalue weighted by Crippen LogP contribution is -1.95. The highest BCUT2D eigenvalue weighted by Gasteiger charge is 1.99. The first-order valence-corrected chi connectivity index (χ1v) is 3.51. The third-order valence-corrected chi connectivity index (χ3v) is 1.59. The van der Waals surface area contributed by atoms with Crippen LogP contribution in [0.2, 0.25) is 0 Å². The lowest BCUT2D eigenvalue weighted by atomic mass is 10.3. The van der Waals surface area contributed by atoms with Gasteiger partial charge in [0.1, 0.15) is 0 Å². The second kappa shape index (κ2) is 2.84. The van der Waals surface area contributed by atoms with Gasteiger partial charge in [0, 0.05) is 24.8 Å². The van der Waals surface area contributed by atoms with Crippen molar-refractivity contribution in [3.8, 4) is 0 Å². The van der Waals surface area contributed by atoms with E-state index in [4.69, 9.17) is 5.73 Å². The quantitative estimate of drug-likeness (QED) is 0.654. The number of hydrogen-bond donors (Lipinski definition) is 1. The van der Waals surface area contributed by atoms with Crippen LogP contribution in [0.15, 0.2) is 6.20 Å². The summed E-state index contributed by atoms with van der Waals surface area (Å²) in [5.41, 5.74) is 7.65. The molecule has 0 saturated heterocycles. The van der Waals surface area contributed by atoms with Crippen molar-refractivity contribution in [3.63, 3.8) is 0 Å². The molecule has 2 N–H and O–H groups in total. The molecule has 0 aliphatic carbocycles. The Morgan fingerprint density at radius 2 is 2.40 bits per heavy atom. The summed E-state index contributed by atoms with van der Waals surface area (Å²) >= 11 is 0. The molecular weight excluding hydrogens is 126 g/mol. The Labute approximate surface area is 60.8 Å². The highest BCUT2D eigenvalue weighted by Crippen LogP contribution is 2.02. The van der Waals surface area contributed by atoms with Crippen LogP contribution in [-0.4, -0.2) is 9.78 Å². The molecule has 56 valence electrons. The molecule has 1 aromatic heterocycles. The lowest BCUT2D eigenvalue weighted by Gasteiger charge is -1.89. The van der Waals surface area contributed by atoms with Crippen molar-refractivity contribution in [1.82, 2.24) is 9.78 Å². The molecule has 3 heteroatoms. The number of aromatic nitrogens is 2. The molecule has 1 aromatic rings. The van der Waals surface area contributed by atoms with Gasteiger partial charge in [-0.1, -0.05) is 0 Å². The van der Waals surface area contributed by atoms with E-state index in [2.05, 4.69) is 12.0 Å². The maximum Gasteiger partial charge on any atom is 0.0638 e. The highest BCUT2D eigenvalue weighted by molar-refractivity contribution is 5.14. The van der Waals surface area contributed by atoms with Crippen LogP contribution >= 0.6 is 0 Å². The minimum atomic E-state index is 0.589. The van der Waals surface area contributed by atoms with Crippen LogP contribution in [0, 0.1) is 6.92 Å². The van der Waals surface area contributed by atoms with Crippen molar-refractivity contribution in [2.45, 2.75) is 26.9 Å². The van der Waals surface area contributed by atoms with Gasteiger partial charge < -0.3 is 5.73 Å². The Morgan fingerprint density at radius 1 is 1.70 bits per heavy atom. The molecular formula is C7H13N3. The summed E-state index contributed by atoms with van der Waals surface area (Å²) in [5, 5.41) is 4.24. The minimum Gasteiger partial charge on any atom is -0.326 e. The third-order valence-electron chi connectivity index (χ3n) is 1.59. The molecule has 3 nitrogen and oxygen atoms in total. The SMILES string of the molecule is CCn1cc(CN)c(C)n1. The molecule has 0 aromatic carbocycles. The van der Waals surface area contributed by atoms with Crippen molar-refractivity contribution < 1.29 is 0 Å². The average Bonchev–Trinajstić information content (AvgIpc) is 2.30. The van der Waals surface area contributed by atoms with Gasteiger partial charge in [0.2, 0.25) is 0 Å². The molecule has 1 rings (SSSR count). The van der Waals surface area contributed by atoms with E-state index >= 15 is 0 Å². The first-order valence-electron chi connectivity index (χ1n) is 3.51. The van der Waals surface area contributed by atoms with Gasteiger partial charge in [0.15, 0.2) is 0 Å². The number of nitrogens with two attached hydrogens (primary N) is 1. The van der Waals surface area contributed by atoms with Crippen LogP contribution in [-0.2, 0) is 13.1 Å². The van der Waals surface area contributed by atoms with Gasteiger partial charge in [-0.3, -0.25) is 4.68 Å². The van der Waals surface area contributed by atoms with E-state index in [1.165, 1.54) is 0 Å². The molecule has 0 atom stereocenters. The highest BCUT2D eigenvalue weighted by atomic mass is 15.3. The Bertz CT molecular complexity index is 215. The number of nitrogens with zero attached hydrogens (tertiary/aromatic N) is 2. The number of aryl methyl sites for hydroxylation is 2. The normalized spacial score (nSPS) is 10.3. The fourth-order valence-corrected chi connectivity index (χ4v) is 0.921. The van der Waals surface area contributed by atoms with Crippen molar-refractivity contribution >= 4 is 0 Å². The van der Waals surface area contributed by atoms with Gasteiger partial charge in [0.25, 0.3) is 0 Å². The van der Waals surface area contributed by atoms with Crippen LogP contribution in [0.25, 0.3) is 0 Å². The Morgan fingerprint density at radius 3 is 2.70 bits per heavy atom. The van der Waals surface area contributed by atoms with E-state index in [0.717, 1.165) is 17.8 Å². The Balaban J connectivity index is 2.92. The van der Waals surface area contributed by atoms with Crippen molar-refractivity contribution in [2.75, 3.05) is 0 Å². The summed E-state index contributed by atoms with van der Waals surface area (Å²) in [6.45, 7) is 5.55. The van der Waals surface area contributed by atoms with Gasteiger partial charge in [0.05, 0.1) is 5.69 Å². The molecule has 0 saturated carbocycles. The minimum absolute atomic E-state index is 0.589. The molecule has 0 spiro atoms. The molecule has 0 unspecified atom stereocenters. The summed E-state index contributed by atoms with van der Waals surface area (Å²) in [4.78, 5) is 0. The van der Waals surface area contributed by atoms with Crippen molar-refractivity contribution in [1.29, 1.82) is 0 Å². The molecule has 0 radical (unpaired) electrons. The summed E-state index contributed by atoms with van der Waals surface area (Å²) in [7, 11) is 0. The zero-order valence-electron chi connectivity index (χ0n) is 6.46. The maximum absolute atomic E-state index is 5.47. The summed E-state index contributed by atoms with van der Waals surface area (Å²) in [6.07, 6.45) is 2.00. The molecule has 0 aliphatic heterocycles. The van der Waals surface area contributed by atoms with Crippen molar-refractivity contribution in [2.24, 2.45) is 5.73 Å². The average molecular weight is 139 g/mol. The molecule has 10 heavy (non-hydrogen) atoms. The van der Waals surface area contributed by atoms with E-state index in [9.17, 15) is 0 Å². The lowest BCUT2D eigenvalue weighted by molar-refractivity contribution is 0.653. The zero-order chi connectivity index (χ0) is 7.56. The monoisotopic (exact) mass is 139 g/mol. The van der Waals surface area contributed by atoms with Gasteiger partial charge in [-0.15, -0.1) is 0 Å². The summed E-state index contributed by atoms with van der Waals surface area (Å²) in [6, 6.07) is 0. The van der Waals surface area contributed by atoms with Gasteiger partial charge in [-0.25, -0.2) is 0 Å². The van der Waals surface area contributed by atoms with E-state index in [-0.39, 0.29) is 0 Å². The second-order valence-electron chi connectivity index (χ2n) is 2.30. The van der Waals surface area contributed by atoms with E-state index in [1.807, 2.05) is 17.8 Å². The molecule has 0 aliphatic rings. The second-order valence-corrected chi connectivity index (χ2v) is 2.30. The number of hydrogen-bond acceptors (Lipinski definition) is 2. The third kappa shape index (κ3) is 1.19. The first kappa shape index (κ1) is 7.28. The van der Waals surface area contributed by atoms with Gasteiger partial charge in [-0.05, 0) is 13.8 Å². The molecule has 0 amide bonds. The fourth-order valence-electron chi connectivity index (χ4n) is 0.921. The number of rotatable bonds is 2. The molecule has 1 heterocycles. The van der Waals surface area contributed by atoms with E-state index in [0.29, 0.717) is 6.54 Å². The summed E-state index contributed by atoms with van der Waals surface area (Å²) < 4.78 is 1.90. The standard InChI is InChI=1S/C7H13N3/c1-3-10-5-7(4-8)6(2)9-10/h5H,3-4,8H2,1-2H3. The van der Waals surface area contributed by atoms with Gasteiger partial charge >= 0.3 is 0 Å². The van der Waals surface area contributed by atoms with Crippen LogP contribution in [0.3, 0.4) is 0 Å². The molecule has 0 bridgehead atoms. The van der Waals surface area contributed by atoms with Crippen molar-refractivity contribution in [3.05, 3.63) is 17.5 Å². The first-order chi connectivity index (χ1) is 4.77. The smallest absolute Gasteiger partial charge is 0.0638 e. The fraction of sp³-hybridized carbons (Fsp3) is 0.571. The van der Waals surface area contributed by atoms with Gasteiger partial charge in [-0.2, -0.15) is 5.10 Å².